The van der Waals surface area contributed by atoms with E-state index >= 15 is 0 Å². The van der Waals surface area contributed by atoms with Crippen LogP contribution in [0.4, 0.5) is 4.39 Å². The molecule has 0 bridgehead atoms. The van der Waals surface area contributed by atoms with Gasteiger partial charge >= 0.3 is 0 Å². The summed E-state index contributed by atoms with van der Waals surface area (Å²) in [5, 5.41) is 5.16. The average molecular weight is 408 g/mol. The molecule has 5 nitrogen and oxygen atoms in total. The van der Waals surface area contributed by atoms with E-state index in [1.165, 1.54) is 18.2 Å². The Morgan fingerprint density at radius 3 is 2.21 bits per heavy atom. The lowest BCUT2D eigenvalue weighted by Gasteiger charge is -2.04. The molecule has 0 unspecified atom stereocenters. The normalized spacial score (nSPS) is 11.5. The largest absolute Gasteiger partial charge is 0.440 e. The van der Waals surface area contributed by atoms with Crippen molar-refractivity contribution in [2.24, 2.45) is 5.14 Å². The maximum Gasteiger partial charge on any atom is 0.238 e. The van der Waals surface area contributed by atoms with E-state index in [2.05, 4.69) is 4.98 Å². The van der Waals surface area contributed by atoms with Gasteiger partial charge in [-0.05, 0) is 29.8 Å². The van der Waals surface area contributed by atoms with E-state index in [0.29, 0.717) is 23.6 Å². The molecule has 2 N–H and O–H groups in total. The van der Waals surface area contributed by atoms with Crippen LogP contribution in [0.1, 0.15) is 11.5 Å². The molecule has 0 atom stereocenters. The average Bonchev–Trinajstić information content (AvgIpc) is 3.12. The summed E-state index contributed by atoms with van der Waals surface area (Å²) in [6.07, 6.45) is 0.442. The summed E-state index contributed by atoms with van der Waals surface area (Å²) >= 11 is 0. The molecule has 1 heterocycles. The first kappa shape index (κ1) is 19.0. The molecule has 0 amide bonds. The number of nitrogens with zero attached hydrogens (tertiary/aromatic N) is 1. The van der Waals surface area contributed by atoms with E-state index < -0.39 is 15.8 Å². The molecular formula is C22H17FN2O3S. The van der Waals surface area contributed by atoms with Gasteiger partial charge in [0, 0.05) is 12.0 Å². The molecule has 1 aromatic heterocycles. The minimum absolute atomic E-state index is 0.0123. The van der Waals surface area contributed by atoms with Crippen molar-refractivity contribution in [1.82, 2.24) is 4.98 Å². The monoisotopic (exact) mass is 408 g/mol. The third-order valence-electron chi connectivity index (χ3n) is 4.44. The summed E-state index contributed by atoms with van der Waals surface area (Å²) in [6.45, 7) is 0. The van der Waals surface area contributed by atoms with E-state index in [-0.39, 0.29) is 16.2 Å². The first-order valence-electron chi connectivity index (χ1n) is 8.83. The zero-order valence-corrected chi connectivity index (χ0v) is 16.1. The van der Waals surface area contributed by atoms with Gasteiger partial charge in [0.2, 0.25) is 10.0 Å². The third-order valence-corrected chi connectivity index (χ3v) is 5.37. The van der Waals surface area contributed by atoms with Gasteiger partial charge in [0.1, 0.15) is 11.5 Å². The van der Waals surface area contributed by atoms with Crippen molar-refractivity contribution in [3.8, 4) is 22.6 Å². The van der Waals surface area contributed by atoms with Crippen molar-refractivity contribution in [2.45, 2.75) is 11.3 Å². The molecule has 0 radical (unpaired) electrons. The minimum Gasteiger partial charge on any atom is -0.440 e. The predicted octanol–water partition coefficient (Wildman–Crippen LogP) is 4.39. The number of nitrogens with two attached hydrogens (primary N) is 1. The first-order valence-corrected chi connectivity index (χ1v) is 10.4. The van der Waals surface area contributed by atoms with Crippen LogP contribution < -0.4 is 5.14 Å². The molecular weight excluding hydrogens is 391 g/mol. The fourth-order valence-electron chi connectivity index (χ4n) is 3.04. The molecule has 0 saturated carbocycles. The second-order valence-electron chi connectivity index (χ2n) is 6.50. The Morgan fingerprint density at radius 2 is 1.55 bits per heavy atom. The molecule has 0 spiro atoms. The fraction of sp³-hybridized carbons (Fsp3) is 0.0455. The van der Waals surface area contributed by atoms with E-state index in [9.17, 15) is 12.8 Å². The van der Waals surface area contributed by atoms with E-state index in [0.717, 1.165) is 5.56 Å². The van der Waals surface area contributed by atoms with Crippen molar-refractivity contribution in [2.75, 3.05) is 0 Å². The number of hydrogen-bond donors (Lipinski definition) is 1. The number of benzene rings is 3. The second kappa shape index (κ2) is 7.62. The molecule has 3 aromatic carbocycles. The highest BCUT2D eigenvalue weighted by molar-refractivity contribution is 7.89. The Balaban J connectivity index is 1.82. The number of oxazole rings is 1. The van der Waals surface area contributed by atoms with E-state index in [1.54, 1.807) is 30.3 Å². The Bertz CT molecular complexity index is 1250. The second-order valence-corrected chi connectivity index (χ2v) is 8.06. The van der Waals surface area contributed by atoms with Gasteiger partial charge in [-0.25, -0.2) is 22.9 Å². The number of primary sulfonamides is 1. The van der Waals surface area contributed by atoms with Gasteiger partial charge in [-0.3, -0.25) is 0 Å². The molecule has 0 aliphatic rings. The standard InChI is InChI=1S/C22H17FN2O3S/c23-19-9-5-4-8-18(19)22-21(16-10-12-17(13-11-16)29(24,26)27)25-20(28-22)14-15-6-2-1-3-7-15/h1-13H,14H2,(H2,24,26,27). The lowest BCUT2D eigenvalue weighted by atomic mass is 10.1. The van der Waals surface area contributed by atoms with Gasteiger partial charge in [0.15, 0.2) is 11.7 Å². The number of rotatable bonds is 5. The number of halogens is 1. The van der Waals surface area contributed by atoms with Crippen LogP contribution >= 0.6 is 0 Å². The van der Waals surface area contributed by atoms with Gasteiger partial charge in [-0.15, -0.1) is 0 Å². The molecule has 4 rings (SSSR count). The Morgan fingerprint density at radius 1 is 0.897 bits per heavy atom. The zero-order chi connectivity index (χ0) is 20.4. The van der Waals surface area contributed by atoms with Crippen LogP contribution in [0.3, 0.4) is 0 Å². The summed E-state index contributed by atoms with van der Waals surface area (Å²) in [5.74, 6) is 0.287. The maximum atomic E-state index is 14.4. The van der Waals surface area contributed by atoms with Crippen molar-refractivity contribution in [3.05, 3.63) is 96.1 Å². The topological polar surface area (TPSA) is 86.2 Å². The Hall–Kier alpha value is -3.29. The Labute approximate surface area is 167 Å². The molecule has 4 aromatic rings. The minimum atomic E-state index is -3.81. The van der Waals surface area contributed by atoms with Gasteiger partial charge in [0.05, 0.1) is 10.5 Å². The molecule has 0 fully saturated rings. The highest BCUT2D eigenvalue weighted by Crippen LogP contribution is 2.35. The van der Waals surface area contributed by atoms with Crippen molar-refractivity contribution < 1.29 is 17.2 Å². The van der Waals surface area contributed by atoms with Gasteiger partial charge in [-0.1, -0.05) is 54.6 Å². The molecule has 0 aliphatic heterocycles. The molecule has 0 aliphatic carbocycles. The molecule has 0 saturated heterocycles. The highest BCUT2D eigenvalue weighted by Gasteiger charge is 2.20. The van der Waals surface area contributed by atoms with E-state index in [4.69, 9.17) is 9.56 Å². The molecule has 146 valence electrons. The van der Waals surface area contributed by atoms with Crippen LogP contribution in [0.2, 0.25) is 0 Å². The number of aromatic nitrogens is 1. The first-order chi connectivity index (χ1) is 13.9. The summed E-state index contributed by atoms with van der Waals surface area (Å²) in [7, 11) is -3.81. The van der Waals surface area contributed by atoms with Gasteiger partial charge in [0.25, 0.3) is 0 Å². The summed E-state index contributed by atoms with van der Waals surface area (Å²) in [5.41, 5.74) is 2.32. The van der Waals surface area contributed by atoms with Crippen molar-refractivity contribution in [1.29, 1.82) is 0 Å². The third kappa shape index (κ3) is 4.11. The van der Waals surface area contributed by atoms with Gasteiger partial charge in [-0.2, -0.15) is 0 Å². The zero-order valence-electron chi connectivity index (χ0n) is 15.2. The van der Waals surface area contributed by atoms with E-state index in [1.807, 2.05) is 30.3 Å². The fourth-order valence-corrected chi connectivity index (χ4v) is 3.55. The summed E-state index contributed by atoms with van der Waals surface area (Å²) < 4.78 is 43.4. The van der Waals surface area contributed by atoms with Crippen LogP contribution in [-0.2, 0) is 16.4 Å². The van der Waals surface area contributed by atoms with Crippen LogP contribution in [0.25, 0.3) is 22.6 Å². The van der Waals surface area contributed by atoms with Gasteiger partial charge < -0.3 is 4.42 Å². The quantitative estimate of drug-likeness (QED) is 0.531. The van der Waals surface area contributed by atoms with Crippen LogP contribution in [-0.4, -0.2) is 13.4 Å². The Kier molecular flexibility index (Phi) is 5.00. The maximum absolute atomic E-state index is 14.4. The predicted molar refractivity (Wildman–Crippen MR) is 108 cm³/mol. The van der Waals surface area contributed by atoms with Crippen molar-refractivity contribution in [3.63, 3.8) is 0 Å². The number of sulfonamides is 1. The smallest absolute Gasteiger partial charge is 0.238 e. The summed E-state index contributed by atoms with van der Waals surface area (Å²) in [6, 6.07) is 21.9. The molecule has 7 heteroatoms. The lowest BCUT2D eigenvalue weighted by molar-refractivity contribution is 0.514. The molecule has 29 heavy (non-hydrogen) atoms. The van der Waals surface area contributed by atoms with Crippen LogP contribution in [0.15, 0.2) is 88.2 Å². The van der Waals surface area contributed by atoms with Crippen LogP contribution in [0, 0.1) is 5.82 Å². The SMILES string of the molecule is NS(=O)(=O)c1ccc(-c2nc(Cc3ccccc3)oc2-c2ccccc2F)cc1. The lowest BCUT2D eigenvalue weighted by Crippen LogP contribution is -2.11. The van der Waals surface area contributed by atoms with Crippen molar-refractivity contribution >= 4 is 10.0 Å². The van der Waals surface area contributed by atoms with Crippen LogP contribution in [0.5, 0.6) is 0 Å². The highest BCUT2D eigenvalue weighted by atomic mass is 32.2. The summed E-state index contributed by atoms with van der Waals surface area (Å²) in [4.78, 5) is 4.56. The number of hydrogen-bond acceptors (Lipinski definition) is 4.